The number of carbonyl (C=O) groups excluding carboxylic acids is 1. The maximum Gasteiger partial charge on any atom is 0.336 e. The van der Waals surface area contributed by atoms with Gasteiger partial charge in [0.25, 0.3) is 5.91 Å². The van der Waals surface area contributed by atoms with Gasteiger partial charge < -0.3 is 14.5 Å². The zero-order chi connectivity index (χ0) is 20.1. The highest BCUT2D eigenvalue weighted by Gasteiger charge is 2.11. The quantitative estimate of drug-likeness (QED) is 0.623. The third-order valence-electron chi connectivity index (χ3n) is 4.47. The molecule has 0 fully saturated rings. The van der Waals surface area contributed by atoms with Crippen LogP contribution < -0.4 is 15.7 Å². The van der Waals surface area contributed by atoms with Crippen molar-refractivity contribution in [1.82, 2.24) is 5.32 Å². The van der Waals surface area contributed by atoms with Crippen molar-refractivity contribution < 1.29 is 13.9 Å². The minimum absolute atomic E-state index is 0.112. The lowest BCUT2D eigenvalue weighted by Crippen LogP contribution is -2.31. The lowest BCUT2D eigenvalue weighted by molar-refractivity contribution is -0.123. The fourth-order valence-corrected chi connectivity index (χ4v) is 3.06. The van der Waals surface area contributed by atoms with Crippen LogP contribution in [-0.2, 0) is 11.2 Å². The second kappa shape index (κ2) is 8.74. The summed E-state index contributed by atoms with van der Waals surface area (Å²) < 4.78 is 10.7. The zero-order valence-corrected chi connectivity index (χ0v) is 16.4. The Hall–Kier alpha value is -3.08. The molecule has 0 saturated carbocycles. The molecule has 0 saturated heterocycles. The molecular weight excluding hydrogens is 354 g/mol. The van der Waals surface area contributed by atoms with Gasteiger partial charge in [-0.3, -0.25) is 4.79 Å². The van der Waals surface area contributed by atoms with Crippen LogP contribution in [0.25, 0.3) is 11.0 Å². The molecule has 1 unspecified atom stereocenters. The highest BCUT2D eigenvalue weighted by Crippen LogP contribution is 2.20. The summed E-state index contributed by atoms with van der Waals surface area (Å²) in [6.07, 6.45) is 1.04. The van der Waals surface area contributed by atoms with Crippen LogP contribution in [0.3, 0.4) is 0 Å². The lowest BCUT2D eigenvalue weighted by Gasteiger charge is -2.15. The molecule has 1 N–H and O–H groups in total. The van der Waals surface area contributed by atoms with Gasteiger partial charge in [-0.25, -0.2) is 4.79 Å². The first kappa shape index (κ1) is 19.7. The van der Waals surface area contributed by atoms with Crippen molar-refractivity contribution in [3.05, 3.63) is 76.1 Å². The summed E-state index contributed by atoms with van der Waals surface area (Å²) in [5, 5.41) is 3.73. The van der Waals surface area contributed by atoms with Gasteiger partial charge in [0.05, 0.1) is 6.04 Å². The van der Waals surface area contributed by atoms with Gasteiger partial charge in [0.2, 0.25) is 0 Å². The first-order valence-electron chi connectivity index (χ1n) is 9.45. The van der Waals surface area contributed by atoms with Crippen LogP contribution in [0, 0.1) is 5.92 Å². The molecule has 5 heteroatoms. The van der Waals surface area contributed by atoms with Gasteiger partial charge in [-0.1, -0.05) is 38.1 Å². The van der Waals surface area contributed by atoms with E-state index in [1.165, 1.54) is 11.6 Å². The van der Waals surface area contributed by atoms with Crippen molar-refractivity contribution in [3.63, 3.8) is 0 Å². The van der Waals surface area contributed by atoms with E-state index in [1.807, 2.05) is 6.92 Å². The molecule has 3 rings (SSSR count). The minimum atomic E-state index is -0.421. The summed E-state index contributed by atoms with van der Waals surface area (Å²) >= 11 is 0. The summed E-state index contributed by atoms with van der Waals surface area (Å²) in [5.74, 6) is 0.874. The third-order valence-corrected chi connectivity index (χ3v) is 4.47. The number of hydrogen-bond donors (Lipinski definition) is 1. The monoisotopic (exact) mass is 379 g/mol. The molecule has 0 aliphatic heterocycles. The molecule has 3 aromatic rings. The maximum absolute atomic E-state index is 12.2. The summed E-state index contributed by atoms with van der Waals surface area (Å²) in [6, 6.07) is 16.4. The minimum Gasteiger partial charge on any atom is -0.484 e. The topological polar surface area (TPSA) is 68.5 Å². The highest BCUT2D eigenvalue weighted by atomic mass is 16.5. The number of fused-ring (bicyclic) bond motifs is 1. The predicted molar refractivity (Wildman–Crippen MR) is 110 cm³/mol. The molecule has 2 aromatic carbocycles. The van der Waals surface area contributed by atoms with E-state index in [1.54, 1.807) is 24.3 Å². The lowest BCUT2D eigenvalue weighted by atomic mass is 10.00. The van der Waals surface area contributed by atoms with Gasteiger partial charge in [-0.05, 0) is 48.6 Å². The fourth-order valence-electron chi connectivity index (χ4n) is 3.06. The van der Waals surface area contributed by atoms with E-state index < -0.39 is 5.63 Å². The molecule has 0 aliphatic carbocycles. The molecule has 1 aromatic heterocycles. The standard InChI is InChI=1S/C23H25NO4/c1-15(2)12-17-4-6-18(7-5-17)16(3)24-22(25)14-27-20-10-8-19-9-11-23(26)28-21(19)13-20/h4-11,13,15-16H,12,14H2,1-3H3,(H,24,25). The first-order chi connectivity index (χ1) is 13.4. The second-order valence-corrected chi connectivity index (χ2v) is 7.37. The van der Waals surface area contributed by atoms with Gasteiger partial charge >= 0.3 is 5.63 Å². The Morgan fingerprint density at radius 2 is 1.75 bits per heavy atom. The van der Waals surface area contributed by atoms with E-state index in [0.29, 0.717) is 17.3 Å². The number of hydrogen-bond acceptors (Lipinski definition) is 4. The average Bonchev–Trinajstić information content (AvgIpc) is 2.66. The Balaban J connectivity index is 1.55. The SMILES string of the molecule is CC(C)Cc1ccc(C(C)NC(=O)COc2ccc3ccc(=O)oc3c2)cc1. The van der Waals surface area contributed by atoms with E-state index in [-0.39, 0.29) is 18.6 Å². The zero-order valence-electron chi connectivity index (χ0n) is 16.4. The predicted octanol–water partition coefficient (Wildman–Crippen LogP) is 4.25. The number of rotatable bonds is 7. The number of benzene rings is 2. The van der Waals surface area contributed by atoms with Crippen molar-refractivity contribution in [1.29, 1.82) is 0 Å². The Bertz CT molecular complexity index is 1010. The summed E-state index contributed by atoms with van der Waals surface area (Å²) in [6.45, 7) is 6.22. The van der Waals surface area contributed by atoms with Crippen molar-refractivity contribution in [2.24, 2.45) is 5.92 Å². The average molecular weight is 379 g/mol. The van der Waals surface area contributed by atoms with E-state index in [2.05, 4.69) is 43.4 Å². The van der Waals surface area contributed by atoms with Crippen LogP contribution in [0.15, 0.2) is 63.8 Å². The molecule has 0 aliphatic rings. The Morgan fingerprint density at radius 3 is 2.46 bits per heavy atom. The van der Waals surface area contributed by atoms with E-state index in [0.717, 1.165) is 17.4 Å². The van der Waals surface area contributed by atoms with E-state index in [9.17, 15) is 9.59 Å². The molecular formula is C23H25NO4. The van der Waals surface area contributed by atoms with Crippen LogP contribution in [0.4, 0.5) is 0 Å². The Morgan fingerprint density at radius 1 is 1.04 bits per heavy atom. The molecule has 0 radical (unpaired) electrons. The van der Waals surface area contributed by atoms with Gasteiger partial charge in [-0.2, -0.15) is 0 Å². The number of amides is 1. The van der Waals surface area contributed by atoms with Crippen molar-refractivity contribution >= 4 is 16.9 Å². The summed E-state index contributed by atoms with van der Waals surface area (Å²) in [5.41, 5.74) is 2.35. The molecule has 28 heavy (non-hydrogen) atoms. The smallest absolute Gasteiger partial charge is 0.336 e. The molecule has 1 atom stereocenters. The van der Waals surface area contributed by atoms with Gasteiger partial charge in [-0.15, -0.1) is 0 Å². The number of ether oxygens (including phenoxy) is 1. The van der Waals surface area contributed by atoms with Crippen LogP contribution in [0.1, 0.15) is 37.9 Å². The van der Waals surface area contributed by atoms with Gasteiger partial charge in [0, 0.05) is 17.5 Å². The summed E-state index contributed by atoms with van der Waals surface area (Å²) in [7, 11) is 0. The number of carbonyl (C=O) groups is 1. The van der Waals surface area contributed by atoms with E-state index in [4.69, 9.17) is 9.15 Å². The number of nitrogens with one attached hydrogen (secondary N) is 1. The molecule has 0 spiro atoms. The van der Waals surface area contributed by atoms with Crippen molar-refractivity contribution in [2.75, 3.05) is 6.61 Å². The molecule has 5 nitrogen and oxygen atoms in total. The molecule has 1 amide bonds. The first-order valence-corrected chi connectivity index (χ1v) is 9.45. The van der Waals surface area contributed by atoms with Crippen LogP contribution >= 0.6 is 0 Å². The van der Waals surface area contributed by atoms with Crippen LogP contribution in [0.5, 0.6) is 5.75 Å². The molecule has 1 heterocycles. The summed E-state index contributed by atoms with van der Waals surface area (Å²) in [4.78, 5) is 23.5. The van der Waals surface area contributed by atoms with Crippen LogP contribution in [0.2, 0.25) is 0 Å². The highest BCUT2D eigenvalue weighted by molar-refractivity contribution is 5.79. The normalized spacial score (nSPS) is 12.1. The second-order valence-electron chi connectivity index (χ2n) is 7.37. The Kier molecular flexibility index (Phi) is 6.14. The van der Waals surface area contributed by atoms with Crippen molar-refractivity contribution in [3.8, 4) is 5.75 Å². The fraction of sp³-hybridized carbons (Fsp3) is 0.304. The van der Waals surface area contributed by atoms with Crippen LogP contribution in [-0.4, -0.2) is 12.5 Å². The molecule has 146 valence electrons. The molecule has 0 bridgehead atoms. The third kappa shape index (κ3) is 5.22. The van der Waals surface area contributed by atoms with Gasteiger partial charge in [0.15, 0.2) is 6.61 Å². The largest absolute Gasteiger partial charge is 0.484 e. The maximum atomic E-state index is 12.2. The Labute approximate surface area is 164 Å². The van der Waals surface area contributed by atoms with Gasteiger partial charge in [0.1, 0.15) is 11.3 Å². The van der Waals surface area contributed by atoms with Crippen molar-refractivity contribution in [2.45, 2.75) is 33.2 Å². The van der Waals surface area contributed by atoms with E-state index >= 15 is 0 Å².